The Labute approximate surface area is 197 Å². The topological polar surface area (TPSA) is 96.9 Å². The van der Waals surface area contributed by atoms with Crippen molar-refractivity contribution in [3.05, 3.63) is 92.9 Å². The van der Waals surface area contributed by atoms with Gasteiger partial charge >= 0.3 is 17.8 Å². The molecule has 0 aromatic heterocycles. The number of benzene rings is 3. The van der Waals surface area contributed by atoms with Crippen molar-refractivity contribution in [2.24, 2.45) is 5.10 Å². The molecule has 2 N–H and O–H groups in total. The minimum atomic E-state index is -0.931. The van der Waals surface area contributed by atoms with Gasteiger partial charge in [0, 0.05) is 15.2 Å². The lowest BCUT2D eigenvalue weighted by Crippen LogP contribution is -2.32. The second-order valence-corrected chi connectivity index (χ2v) is 7.77. The Hall–Kier alpha value is -3.49. The molecule has 0 heterocycles. The van der Waals surface area contributed by atoms with E-state index in [1.807, 2.05) is 0 Å². The molecule has 0 aliphatic rings. The van der Waals surface area contributed by atoms with Gasteiger partial charge in [-0.1, -0.05) is 29.8 Å². The highest BCUT2D eigenvalue weighted by Gasteiger charge is 2.15. The Morgan fingerprint density at radius 1 is 0.969 bits per heavy atom. The normalized spacial score (nSPS) is 10.6. The highest BCUT2D eigenvalue weighted by molar-refractivity contribution is 9.10. The van der Waals surface area contributed by atoms with Crippen LogP contribution in [0.15, 0.2) is 76.3 Å². The number of hydrogen-bond acceptors (Lipinski definition) is 5. The third kappa shape index (κ3) is 6.03. The van der Waals surface area contributed by atoms with Crippen LogP contribution in [0.5, 0.6) is 5.75 Å². The van der Waals surface area contributed by atoms with Crippen LogP contribution >= 0.6 is 27.5 Å². The summed E-state index contributed by atoms with van der Waals surface area (Å²) in [6.07, 6.45) is 1.36. The number of halogens is 2. The molecule has 0 aliphatic heterocycles. The first-order chi connectivity index (χ1) is 15.3. The van der Waals surface area contributed by atoms with Gasteiger partial charge in [-0.2, -0.15) is 5.10 Å². The van der Waals surface area contributed by atoms with Gasteiger partial charge in [-0.15, -0.1) is 0 Å². The smallest absolute Gasteiger partial charge is 0.344 e. The molecule has 3 rings (SSSR count). The SMILES string of the molecule is Cc1c(Cl)cccc1NC(=O)C(=O)NN=Cc1ccc(OC(=O)c2ccccc2Br)cc1. The molecule has 0 aliphatic carbocycles. The van der Waals surface area contributed by atoms with Gasteiger partial charge in [0.25, 0.3) is 0 Å². The Kier molecular flexibility index (Phi) is 7.75. The average Bonchev–Trinajstić information content (AvgIpc) is 2.78. The lowest BCUT2D eigenvalue weighted by Gasteiger charge is -2.08. The number of nitrogens with one attached hydrogen (secondary N) is 2. The maximum absolute atomic E-state index is 12.2. The number of carbonyl (C=O) groups excluding carboxylic acids is 3. The van der Waals surface area contributed by atoms with Crippen molar-refractivity contribution >= 4 is 57.2 Å². The van der Waals surface area contributed by atoms with Crippen LogP contribution < -0.4 is 15.5 Å². The molecule has 0 bridgehead atoms. The Morgan fingerprint density at radius 2 is 1.69 bits per heavy atom. The molecule has 0 atom stereocenters. The summed E-state index contributed by atoms with van der Waals surface area (Å²) in [4.78, 5) is 36.2. The average molecular weight is 515 g/mol. The monoisotopic (exact) mass is 513 g/mol. The van der Waals surface area contributed by atoms with E-state index in [0.717, 1.165) is 0 Å². The highest BCUT2D eigenvalue weighted by Crippen LogP contribution is 2.23. The predicted molar refractivity (Wildman–Crippen MR) is 126 cm³/mol. The zero-order valence-electron chi connectivity index (χ0n) is 16.8. The molecule has 2 amide bonds. The maximum atomic E-state index is 12.2. The number of carbonyl (C=O) groups is 3. The van der Waals surface area contributed by atoms with Crippen molar-refractivity contribution in [2.45, 2.75) is 6.92 Å². The van der Waals surface area contributed by atoms with Gasteiger partial charge in [0.05, 0.1) is 11.8 Å². The van der Waals surface area contributed by atoms with Gasteiger partial charge in [0.1, 0.15) is 5.75 Å². The summed E-state index contributed by atoms with van der Waals surface area (Å²) in [7, 11) is 0. The Balaban J connectivity index is 1.53. The fourth-order valence-corrected chi connectivity index (χ4v) is 3.17. The van der Waals surface area contributed by atoms with E-state index in [0.29, 0.717) is 37.6 Å². The van der Waals surface area contributed by atoms with Crippen LogP contribution in [0, 0.1) is 6.92 Å². The van der Waals surface area contributed by atoms with Gasteiger partial charge in [-0.3, -0.25) is 9.59 Å². The molecule has 0 unspecified atom stereocenters. The third-order valence-corrected chi connectivity index (χ3v) is 5.39. The van der Waals surface area contributed by atoms with Crippen molar-refractivity contribution in [1.82, 2.24) is 5.43 Å². The number of nitrogens with zero attached hydrogens (tertiary/aromatic N) is 1. The van der Waals surface area contributed by atoms with Crippen molar-refractivity contribution < 1.29 is 19.1 Å². The third-order valence-electron chi connectivity index (χ3n) is 4.29. The molecule has 3 aromatic carbocycles. The maximum Gasteiger partial charge on any atom is 0.344 e. The van der Waals surface area contributed by atoms with Crippen LogP contribution in [0.4, 0.5) is 5.69 Å². The van der Waals surface area contributed by atoms with Gasteiger partial charge in [0.2, 0.25) is 0 Å². The van der Waals surface area contributed by atoms with Crippen LogP contribution in [0.25, 0.3) is 0 Å². The number of rotatable bonds is 5. The van der Waals surface area contributed by atoms with E-state index in [-0.39, 0.29) is 0 Å². The van der Waals surface area contributed by atoms with Crippen LogP contribution in [-0.2, 0) is 9.59 Å². The van der Waals surface area contributed by atoms with E-state index in [1.54, 1.807) is 73.7 Å². The van der Waals surface area contributed by atoms with Crippen molar-refractivity contribution in [1.29, 1.82) is 0 Å². The second kappa shape index (κ2) is 10.7. The molecule has 0 spiro atoms. The quantitative estimate of drug-likeness (QED) is 0.169. The molecule has 0 saturated carbocycles. The number of hydrazone groups is 1. The van der Waals surface area contributed by atoms with Crippen LogP contribution in [0.1, 0.15) is 21.5 Å². The molecule has 0 saturated heterocycles. The fraction of sp³-hybridized carbons (Fsp3) is 0.0435. The van der Waals surface area contributed by atoms with E-state index in [2.05, 4.69) is 31.8 Å². The van der Waals surface area contributed by atoms with Crippen molar-refractivity contribution in [2.75, 3.05) is 5.32 Å². The summed E-state index contributed by atoms with van der Waals surface area (Å²) in [5.74, 6) is -1.95. The number of esters is 1. The molecule has 7 nitrogen and oxygen atoms in total. The van der Waals surface area contributed by atoms with E-state index < -0.39 is 17.8 Å². The molecule has 3 aromatic rings. The Bertz CT molecular complexity index is 1200. The lowest BCUT2D eigenvalue weighted by atomic mass is 10.2. The van der Waals surface area contributed by atoms with E-state index >= 15 is 0 Å². The van der Waals surface area contributed by atoms with Gasteiger partial charge < -0.3 is 10.1 Å². The predicted octanol–water partition coefficient (Wildman–Crippen LogP) is 4.72. The van der Waals surface area contributed by atoms with E-state index in [4.69, 9.17) is 16.3 Å². The second-order valence-electron chi connectivity index (χ2n) is 6.50. The fourth-order valence-electron chi connectivity index (χ4n) is 2.55. The van der Waals surface area contributed by atoms with E-state index in [1.165, 1.54) is 6.21 Å². The van der Waals surface area contributed by atoms with Crippen LogP contribution in [0.2, 0.25) is 5.02 Å². The number of hydrogen-bond donors (Lipinski definition) is 2. The minimum absolute atomic E-state index is 0.350. The molecule has 162 valence electrons. The van der Waals surface area contributed by atoms with Crippen molar-refractivity contribution in [3.63, 3.8) is 0 Å². The number of ether oxygens (including phenoxy) is 1. The van der Waals surface area contributed by atoms with Gasteiger partial charge in [-0.05, 0) is 82.5 Å². The summed E-state index contributed by atoms with van der Waals surface area (Å²) in [6, 6.07) is 18.4. The lowest BCUT2D eigenvalue weighted by molar-refractivity contribution is -0.136. The largest absolute Gasteiger partial charge is 0.423 e. The molecule has 9 heteroatoms. The first-order valence-corrected chi connectivity index (χ1v) is 10.5. The van der Waals surface area contributed by atoms with Gasteiger partial charge in [-0.25, -0.2) is 10.2 Å². The number of amides is 2. The molecule has 32 heavy (non-hydrogen) atoms. The summed E-state index contributed by atoms with van der Waals surface area (Å²) in [5.41, 5.74) is 4.28. The summed E-state index contributed by atoms with van der Waals surface area (Å²) < 4.78 is 5.98. The van der Waals surface area contributed by atoms with E-state index in [9.17, 15) is 14.4 Å². The molecular formula is C23H17BrClN3O4. The van der Waals surface area contributed by atoms with Gasteiger partial charge in [0.15, 0.2) is 0 Å². The zero-order valence-corrected chi connectivity index (χ0v) is 19.1. The minimum Gasteiger partial charge on any atom is -0.423 e. The zero-order chi connectivity index (χ0) is 23.1. The summed E-state index contributed by atoms with van der Waals surface area (Å²) >= 11 is 9.31. The number of anilines is 1. The molecular weight excluding hydrogens is 498 g/mol. The van der Waals surface area contributed by atoms with Crippen LogP contribution in [-0.4, -0.2) is 24.0 Å². The standard InChI is InChI=1S/C23H17BrClN3O4/c1-14-19(25)7-4-8-20(14)27-21(29)22(30)28-26-13-15-9-11-16(12-10-15)32-23(31)17-5-2-3-6-18(17)24/h2-13H,1H3,(H,27,29)(H,28,30). The molecule has 0 fully saturated rings. The molecule has 0 radical (unpaired) electrons. The first-order valence-electron chi connectivity index (χ1n) is 9.31. The highest BCUT2D eigenvalue weighted by atomic mass is 79.9. The van der Waals surface area contributed by atoms with Crippen LogP contribution in [0.3, 0.4) is 0 Å². The Morgan fingerprint density at radius 3 is 2.41 bits per heavy atom. The van der Waals surface area contributed by atoms with Crippen molar-refractivity contribution in [3.8, 4) is 5.75 Å². The first kappa shape index (κ1) is 23.2. The summed E-state index contributed by atoms with van der Waals surface area (Å²) in [6.45, 7) is 1.73. The summed E-state index contributed by atoms with van der Waals surface area (Å²) in [5, 5.41) is 6.73.